The van der Waals surface area contributed by atoms with Crippen LogP contribution in [0, 0.1) is 0 Å². The van der Waals surface area contributed by atoms with Crippen molar-refractivity contribution in [3.63, 3.8) is 0 Å². The number of para-hydroxylation sites is 2. The molecule has 1 aromatic rings. The molecule has 0 bridgehead atoms. The van der Waals surface area contributed by atoms with Crippen molar-refractivity contribution in [1.29, 1.82) is 0 Å². The number of hydrogen-bond acceptors (Lipinski definition) is 3. The van der Waals surface area contributed by atoms with Gasteiger partial charge in [0.25, 0.3) is 0 Å². The van der Waals surface area contributed by atoms with E-state index in [2.05, 4.69) is 29.8 Å². The number of rotatable bonds is 5. The molecule has 0 spiro atoms. The lowest BCUT2D eigenvalue weighted by atomic mass is 10.2. The first-order valence-electron chi connectivity index (χ1n) is 7.82. The van der Waals surface area contributed by atoms with Crippen LogP contribution < -0.4 is 20.9 Å². The van der Waals surface area contributed by atoms with Crippen molar-refractivity contribution in [3.05, 3.63) is 24.3 Å². The van der Waals surface area contributed by atoms with Gasteiger partial charge in [-0.2, -0.15) is 0 Å². The number of piperazine rings is 1. The lowest BCUT2D eigenvalue weighted by molar-refractivity contribution is -0.120. The summed E-state index contributed by atoms with van der Waals surface area (Å²) in [7, 11) is 0. The Hall–Kier alpha value is -2.24. The molecule has 1 heterocycles. The van der Waals surface area contributed by atoms with Gasteiger partial charge in [0.2, 0.25) is 5.91 Å². The Labute approximate surface area is 131 Å². The molecule has 0 atom stereocenters. The van der Waals surface area contributed by atoms with E-state index in [9.17, 15) is 9.59 Å². The van der Waals surface area contributed by atoms with Crippen LogP contribution in [0.3, 0.4) is 0 Å². The van der Waals surface area contributed by atoms with E-state index in [1.54, 1.807) is 0 Å². The van der Waals surface area contributed by atoms with Gasteiger partial charge in [-0.3, -0.25) is 4.79 Å². The van der Waals surface area contributed by atoms with E-state index < -0.39 is 0 Å². The molecular formula is C16H24N4O2. The van der Waals surface area contributed by atoms with Gasteiger partial charge < -0.3 is 20.9 Å². The summed E-state index contributed by atoms with van der Waals surface area (Å²) in [4.78, 5) is 25.6. The summed E-state index contributed by atoms with van der Waals surface area (Å²) in [6.07, 6.45) is 1.80. The second kappa shape index (κ2) is 7.68. The topological polar surface area (TPSA) is 73.5 Å². The van der Waals surface area contributed by atoms with Crippen molar-refractivity contribution in [2.24, 2.45) is 0 Å². The normalized spacial score (nSPS) is 14.7. The third kappa shape index (κ3) is 4.13. The molecule has 2 rings (SSSR count). The van der Waals surface area contributed by atoms with Crippen LogP contribution in [0.1, 0.15) is 26.7 Å². The summed E-state index contributed by atoms with van der Waals surface area (Å²) in [5, 5.41) is 8.66. The van der Waals surface area contributed by atoms with Gasteiger partial charge in [-0.05, 0) is 25.0 Å². The average Bonchev–Trinajstić information content (AvgIpc) is 2.53. The maximum Gasteiger partial charge on any atom is 0.319 e. The summed E-state index contributed by atoms with van der Waals surface area (Å²) >= 11 is 0. The van der Waals surface area contributed by atoms with Crippen molar-refractivity contribution in [1.82, 2.24) is 10.6 Å². The summed E-state index contributed by atoms with van der Waals surface area (Å²) in [6.45, 7) is 5.77. The molecule has 0 unspecified atom stereocenters. The van der Waals surface area contributed by atoms with Gasteiger partial charge >= 0.3 is 6.03 Å². The van der Waals surface area contributed by atoms with E-state index in [4.69, 9.17) is 0 Å². The van der Waals surface area contributed by atoms with Gasteiger partial charge in [0.1, 0.15) is 0 Å². The molecule has 120 valence electrons. The number of nitrogens with one attached hydrogen (secondary N) is 3. The smallest absolute Gasteiger partial charge is 0.319 e. The monoisotopic (exact) mass is 304 g/mol. The molecule has 0 aliphatic carbocycles. The molecular weight excluding hydrogens is 280 g/mol. The zero-order valence-electron chi connectivity index (χ0n) is 13.2. The number of nitrogens with zero attached hydrogens (tertiary/aromatic N) is 1. The van der Waals surface area contributed by atoms with Crippen LogP contribution in [0.4, 0.5) is 16.2 Å². The van der Waals surface area contributed by atoms with Crippen molar-refractivity contribution >= 4 is 23.3 Å². The van der Waals surface area contributed by atoms with E-state index in [0.717, 1.165) is 30.8 Å². The van der Waals surface area contributed by atoms with Gasteiger partial charge in [-0.25, -0.2) is 4.79 Å². The van der Waals surface area contributed by atoms with Crippen molar-refractivity contribution < 1.29 is 9.59 Å². The Morgan fingerprint density at radius 1 is 1.32 bits per heavy atom. The first-order valence-corrected chi connectivity index (χ1v) is 7.82. The average molecular weight is 304 g/mol. The van der Waals surface area contributed by atoms with Gasteiger partial charge in [0.05, 0.1) is 17.9 Å². The minimum atomic E-state index is -0.206. The van der Waals surface area contributed by atoms with Crippen LogP contribution in [0.2, 0.25) is 0 Å². The lowest BCUT2D eigenvalue weighted by Gasteiger charge is -2.30. The summed E-state index contributed by atoms with van der Waals surface area (Å²) in [6, 6.07) is 7.53. The van der Waals surface area contributed by atoms with Crippen molar-refractivity contribution in [2.75, 3.05) is 29.9 Å². The molecule has 1 aromatic carbocycles. The maximum absolute atomic E-state index is 12.1. The number of amides is 3. The van der Waals surface area contributed by atoms with Crippen LogP contribution in [0.15, 0.2) is 24.3 Å². The van der Waals surface area contributed by atoms with Gasteiger partial charge in [-0.1, -0.05) is 26.0 Å². The Bertz CT molecular complexity index is 529. The third-order valence-corrected chi connectivity index (χ3v) is 3.85. The highest BCUT2D eigenvalue weighted by molar-refractivity contribution is 5.94. The molecule has 0 saturated carbocycles. The van der Waals surface area contributed by atoms with Gasteiger partial charge in [0.15, 0.2) is 0 Å². The molecule has 1 aliphatic heterocycles. The fourth-order valence-electron chi connectivity index (χ4n) is 2.54. The molecule has 0 aromatic heterocycles. The number of carbonyl (C=O) groups excluding carboxylic acids is 2. The summed E-state index contributed by atoms with van der Waals surface area (Å²) in [5.74, 6) is 0.00235. The zero-order chi connectivity index (χ0) is 15.9. The summed E-state index contributed by atoms with van der Waals surface area (Å²) in [5.41, 5.74) is 1.60. The van der Waals surface area contributed by atoms with Crippen LogP contribution in [-0.4, -0.2) is 37.6 Å². The molecule has 3 amide bonds. The van der Waals surface area contributed by atoms with Crippen molar-refractivity contribution in [2.45, 2.75) is 32.7 Å². The van der Waals surface area contributed by atoms with Crippen LogP contribution in [0.25, 0.3) is 0 Å². The van der Waals surface area contributed by atoms with Crippen LogP contribution in [0.5, 0.6) is 0 Å². The van der Waals surface area contributed by atoms with Crippen molar-refractivity contribution in [3.8, 4) is 0 Å². The first-order chi connectivity index (χ1) is 10.6. The Balaban J connectivity index is 2.08. The number of carbonyl (C=O) groups is 2. The second-order valence-corrected chi connectivity index (χ2v) is 5.40. The molecule has 0 radical (unpaired) electrons. The largest absolute Gasteiger partial charge is 0.359 e. The molecule has 3 N–H and O–H groups in total. The fraction of sp³-hybridized carbons (Fsp3) is 0.500. The standard InChI is InChI=1S/C16H24N4O2/c1-3-12(4-2)18-16(22)19-13-7-5-6-8-14(13)20-10-9-17-15(21)11-20/h5-8,12H,3-4,9-11H2,1-2H3,(H,17,21)(H2,18,19,22). The quantitative estimate of drug-likeness (QED) is 0.778. The number of hydrogen-bond donors (Lipinski definition) is 3. The fourth-order valence-corrected chi connectivity index (χ4v) is 2.54. The molecule has 1 saturated heterocycles. The molecule has 22 heavy (non-hydrogen) atoms. The minimum absolute atomic E-state index is 0.00235. The lowest BCUT2D eigenvalue weighted by Crippen LogP contribution is -2.48. The van der Waals surface area contributed by atoms with Crippen LogP contribution in [-0.2, 0) is 4.79 Å². The van der Waals surface area contributed by atoms with E-state index >= 15 is 0 Å². The van der Waals surface area contributed by atoms with E-state index in [1.165, 1.54) is 0 Å². The molecule has 6 heteroatoms. The zero-order valence-corrected chi connectivity index (χ0v) is 13.2. The van der Waals surface area contributed by atoms with Gasteiger partial charge in [0, 0.05) is 19.1 Å². The molecule has 1 fully saturated rings. The SMILES string of the molecule is CCC(CC)NC(=O)Nc1ccccc1N1CCNC(=O)C1. The van der Waals surface area contributed by atoms with E-state index in [1.807, 2.05) is 29.2 Å². The van der Waals surface area contributed by atoms with Crippen LogP contribution >= 0.6 is 0 Å². The van der Waals surface area contributed by atoms with E-state index in [-0.39, 0.29) is 18.0 Å². The maximum atomic E-state index is 12.1. The number of benzene rings is 1. The molecule has 6 nitrogen and oxygen atoms in total. The highest BCUT2D eigenvalue weighted by Crippen LogP contribution is 2.25. The van der Waals surface area contributed by atoms with Gasteiger partial charge in [-0.15, -0.1) is 0 Å². The predicted molar refractivity (Wildman–Crippen MR) is 88.2 cm³/mol. The second-order valence-electron chi connectivity index (χ2n) is 5.40. The number of anilines is 2. The highest BCUT2D eigenvalue weighted by Gasteiger charge is 2.19. The Morgan fingerprint density at radius 3 is 2.73 bits per heavy atom. The number of urea groups is 1. The Kier molecular flexibility index (Phi) is 5.63. The third-order valence-electron chi connectivity index (χ3n) is 3.85. The Morgan fingerprint density at radius 2 is 2.05 bits per heavy atom. The summed E-state index contributed by atoms with van der Waals surface area (Å²) < 4.78 is 0. The predicted octanol–water partition coefficient (Wildman–Crippen LogP) is 1.93. The van der Waals surface area contributed by atoms with E-state index in [0.29, 0.717) is 13.1 Å². The minimum Gasteiger partial charge on any atom is -0.359 e. The first kappa shape index (κ1) is 16.1. The molecule has 1 aliphatic rings. The highest BCUT2D eigenvalue weighted by atomic mass is 16.2.